The number of carbonyl (C=O) groups is 1. The topological polar surface area (TPSA) is 54.4 Å². The molecule has 3 aromatic rings. The standard InChI is InChI=1S/C17H12ClN3OS/c18-11-5-6-14-15(8-11)23-17(20-14)21-16(22)7-10-9-19-13-4-2-1-3-12(10)13/h1-6,8-10H,7H2,(H,20,21,22). The van der Waals surface area contributed by atoms with Crippen LogP contribution in [0.1, 0.15) is 17.9 Å². The second kappa shape index (κ2) is 5.76. The minimum absolute atomic E-state index is 0.0232. The predicted molar refractivity (Wildman–Crippen MR) is 95.2 cm³/mol. The fourth-order valence-electron chi connectivity index (χ4n) is 2.65. The molecule has 23 heavy (non-hydrogen) atoms. The van der Waals surface area contributed by atoms with Crippen LogP contribution in [-0.2, 0) is 4.79 Å². The normalized spacial score (nSPS) is 15.8. The van der Waals surface area contributed by atoms with Gasteiger partial charge in [-0.05, 0) is 29.8 Å². The van der Waals surface area contributed by atoms with E-state index in [2.05, 4.69) is 15.3 Å². The molecule has 114 valence electrons. The molecule has 1 aliphatic heterocycles. The lowest BCUT2D eigenvalue weighted by molar-refractivity contribution is -0.116. The summed E-state index contributed by atoms with van der Waals surface area (Å²) in [6, 6.07) is 13.4. The van der Waals surface area contributed by atoms with Crippen molar-refractivity contribution in [3.8, 4) is 0 Å². The Labute approximate surface area is 141 Å². The number of hydrogen-bond donors (Lipinski definition) is 1. The van der Waals surface area contributed by atoms with E-state index in [-0.39, 0.29) is 11.8 Å². The molecule has 2 heterocycles. The first-order valence-electron chi connectivity index (χ1n) is 7.18. The Morgan fingerprint density at radius 3 is 3.04 bits per heavy atom. The Hall–Kier alpha value is -2.24. The summed E-state index contributed by atoms with van der Waals surface area (Å²) >= 11 is 7.39. The number of fused-ring (bicyclic) bond motifs is 2. The molecule has 2 aromatic carbocycles. The van der Waals surface area contributed by atoms with Crippen LogP contribution in [0.25, 0.3) is 10.2 Å². The number of anilines is 1. The SMILES string of the molecule is O=C(CC1C=Nc2ccccc21)Nc1nc2ccc(Cl)cc2s1. The number of thiazole rings is 1. The minimum atomic E-state index is -0.0664. The van der Waals surface area contributed by atoms with Gasteiger partial charge in [-0.2, -0.15) is 0 Å². The van der Waals surface area contributed by atoms with Crippen LogP contribution < -0.4 is 5.32 Å². The number of nitrogens with zero attached hydrogens (tertiary/aromatic N) is 2. The fraction of sp³-hybridized carbons (Fsp3) is 0.118. The largest absolute Gasteiger partial charge is 0.302 e. The summed E-state index contributed by atoms with van der Waals surface area (Å²) in [6.07, 6.45) is 2.19. The van der Waals surface area contributed by atoms with E-state index in [0.29, 0.717) is 16.6 Å². The summed E-state index contributed by atoms with van der Waals surface area (Å²) in [5, 5.41) is 4.13. The van der Waals surface area contributed by atoms with Crippen LogP contribution in [0, 0.1) is 0 Å². The molecule has 1 unspecified atom stereocenters. The number of hydrogen-bond acceptors (Lipinski definition) is 4. The van der Waals surface area contributed by atoms with Crippen molar-refractivity contribution in [2.75, 3.05) is 5.32 Å². The molecule has 6 heteroatoms. The smallest absolute Gasteiger partial charge is 0.227 e. The highest BCUT2D eigenvalue weighted by atomic mass is 35.5. The van der Waals surface area contributed by atoms with Crippen LogP contribution in [0.5, 0.6) is 0 Å². The Kier molecular flexibility index (Phi) is 3.59. The van der Waals surface area contributed by atoms with Crippen molar-refractivity contribution in [2.45, 2.75) is 12.3 Å². The molecule has 1 aliphatic rings. The van der Waals surface area contributed by atoms with Crippen LogP contribution in [0.4, 0.5) is 10.8 Å². The maximum absolute atomic E-state index is 12.3. The van der Waals surface area contributed by atoms with Gasteiger partial charge in [0.05, 0.1) is 15.9 Å². The number of para-hydroxylation sites is 1. The average molecular weight is 342 g/mol. The third kappa shape index (κ3) is 2.85. The van der Waals surface area contributed by atoms with Gasteiger partial charge in [-0.1, -0.05) is 41.1 Å². The molecule has 0 saturated carbocycles. The molecule has 4 nitrogen and oxygen atoms in total. The molecule has 0 bridgehead atoms. The number of rotatable bonds is 3. The fourth-order valence-corrected chi connectivity index (χ4v) is 3.81. The molecule has 0 spiro atoms. The van der Waals surface area contributed by atoms with Crippen molar-refractivity contribution < 1.29 is 4.79 Å². The number of aromatic nitrogens is 1. The van der Waals surface area contributed by atoms with E-state index in [1.54, 1.807) is 6.07 Å². The van der Waals surface area contributed by atoms with Gasteiger partial charge in [0.2, 0.25) is 5.91 Å². The number of amides is 1. The summed E-state index contributed by atoms with van der Waals surface area (Å²) in [5.74, 6) is -0.0432. The number of aliphatic imine (C=N–C) groups is 1. The van der Waals surface area contributed by atoms with E-state index in [1.165, 1.54) is 11.3 Å². The van der Waals surface area contributed by atoms with Crippen LogP contribution >= 0.6 is 22.9 Å². The Balaban J connectivity index is 1.49. The molecule has 1 aromatic heterocycles. The van der Waals surface area contributed by atoms with Crippen molar-refractivity contribution in [1.82, 2.24) is 4.98 Å². The van der Waals surface area contributed by atoms with E-state index in [9.17, 15) is 4.79 Å². The summed E-state index contributed by atoms with van der Waals surface area (Å²) in [5.41, 5.74) is 2.88. The van der Waals surface area contributed by atoms with Crippen molar-refractivity contribution in [3.63, 3.8) is 0 Å². The summed E-state index contributed by atoms with van der Waals surface area (Å²) < 4.78 is 0.959. The maximum atomic E-state index is 12.3. The second-order valence-corrected chi connectivity index (χ2v) is 6.79. The monoisotopic (exact) mass is 341 g/mol. The van der Waals surface area contributed by atoms with Gasteiger partial charge in [-0.3, -0.25) is 9.79 Å². The maximum Gasteiger partial charge on any atom is 0.227 e. The van der Waals surface area contributed by atoms with Crippen LogP contribution in [0.15, 0.2) is 47.5 Å². The summed E-state index contributed by atoms with van der Waals surface area (Å²) in [6.45, 7) is 0. The Morgan fingerprint density at radius 1 is 1.26 bits per heavy atom. The van der Waals surface area contributed by atoms with E-state index in [1.807, 2.05) is 42.6 Å². The van der Waals surface area contributed by atoms with Crippen molar-refractivity contribution in [2.24, 2.45) is 4.99 Å². The van der Waals surface area contributed by atoms with Crippen molar-refractivity contribution in [1.29, 1.82) is 0 Å². The predicted octanol–water partition coefficient (Wildman–Crippen LogP) is 4.78. The van der Waals surface area contributed by atoms with Gasteiger partial charge >= 0.3 is 0 Å². The van der Waals surface area contributed by atoms with E-state index < -0.39 is 0 Å². The first-order chi connectivity index (χ1) is 11.2. The molecule has 0 aliphatic carbocycles. The average Bonchev–Trinajstić information content (AvgIpc) is 3.11. The van der Waals surface area contributed by atoms with Gasteiger partial charge in [0, 0.05) is 23.6 Å². The van der Waals surface area contributed by atoms with E-state index >= 15 is 0 Å². The van der Waals surface area contributed by atoms with Crippen molar-refractivity contribution >= 4 is 56.1 Å². The van der Waals surface area contributed by atoms with Gasteiger partial charge in [-0.15, -0.1) is 0 Å². The molecule has 0 saturated heterocycles. The zero-order valence-electron chi connectivity index (χ0n) is 12.0. The highest BCUT2D eigenvalue weighted by Crippen LogP contribution is 2.34. The molecule has 0 radical (unpaired) electrons. The number of halogens is 1. The van der Waals surface area contributed by atoms with Gasteiger partial charge in [0.1, 0.15) is 0 Å². The molecular weight excluding hydrogens is 330 g/mol. The first kappa shape index (κ1) is 14.4. The Bertz CT molecular complexity index is 934. The minimum Gasteiger partial charge on any atom is -0.302 e. The second-order valence-electron chi connectivity index (χ2n) is 5.33. The molecular formula is C17H12ClN3OS. The molecule has 1 N–H and O–H groups in total. The third-order valence-electron chi connectivity index (χ3n) is 3.73. The molecule has 4 rings (SSSR count). The Morgan fingerprint density at radius 2 is 2.13 bits per heavy atom. The quantitative estimate of drug-likeness (QED) is 0.745. The highest BCUT2D eigenvalue weighted by Gasteiger charge is 2.21. The number of carbonyl (C=O) groups excluding carboxylic acids is 1. The van der Waals surface area contributed by atoms with Crippen LogP contribution in [-0.4, -0.2) is 17.1 Å². The molecule has 1 atom stereocenters. The lowest BCUT2D eigenvalue weighted by Crippen LogP contribution is -2.15. The highest BCUT2D eigenvalue weighted by molar-refractivity contribution is 7.22. The zero-order chi connectivity index (χ0) is 15.8. The van der Waals surface area contributed by atoms with E-state index in [4.69, 9.17) is 11.6 Å². The van der Waals surface area contributed by atoms with E-state index in [0.717, 1.165) is 21.5 Å². The first-order valence-corrected chi connectivity index (χ1v) is 8.37. The van der Waals surface area contributed by atoms with Gasteiger partial charge in [0.15, 0.2) is 5.13 Å². The zero-order valence-corrected chi connectivity index (χ0v) is 13.6. The van der Waals surface area contributed by atoms with Crippen LogP contribution in [0.2, 0.25) is 5.02 Å². The summed E-state index contributed by atoms with van der Waals surface area (Å²) in [4.78, 5) is 21.0. The van der Waals surface area contributed by atoms with Crippen LogP contribution in [0.3, 0.4) is 0 Å². The molecule has 1 amide bonds. The number of nitrogens with one attached hydrogen (secondary N) is 1. The summed E-state index contributed by atoms with van der Waals surface area (Å²) in [7, 11) is 0. The van der Waals surface area contributed by atoms with Crippen molar-refractivity contribution in [3.05, 3.63) is 53.1 Å². The lowest BCUT2D eigenvalue weighted by atomic mass is 9.97. The van der Waals surface area contributed by atoms with Gasteiger partial charge in [0.25, 0.3) is 0 Å². The third-order valence-corrected chi connectivity index (χ3v) is 4.90. The molecule has 0 fully saturated rings. The lowest BCUT2D eigenvalue weighted by Gasteiger charge is -2.08. The van der Waals surface area contributed by atoms with Gasteiger partial charge in [-0.25, -0.2) is 4.98 Å². The van der Waals surface area contributed by atoms with Gasteiger partial charge < -0.3 is 5.32 Å². The number of benzene rings is 2.